The summed E-state index contributed by atoms with van der Waals surface area (Å²) in [6.45, 7) is 8.15. The zero-order valence-electron chi connectivity index (χ0n) is 15.9. The van der Waals surface area contributed by atoms with Gasteiger partial charge < -0.3 is 9.45 Å². The zero-order valence-corrected chi connectivity index (χ0v) is 18.4. The van der Waals surface area contributed by atoms with Gasteiger partial charge in [-0.25, -0.2) is 4.98 Å². The molecule has 0 saturated carbocycles. The number of nitrogens with zero attached hydrogens (tertiary/aromatic N) is 2. The molecule has 0 aliphatic carbocycles. The van der Waals surface area contributed by atoms with Crippen molar-refractivity contribution >= 4 is 34.2 Å². The van der Waals surface area contributed by atoms with Crippen LogP contribution in [0.15, 0.2) is 34.5 Å². The van der Waals surface area contributed by atoms with E-state index in [-0.39, 0.29) is 5.75 Å². The van der Waals surface area contributed by atoms with Gasteiger partial charge in [0.1, 0.15) is 0 Å². The van der Waals surface area contributed by atoms with Gasteiger partial charge in [0, 0.05) is 34.2 Å². The summed E-state index contributed by atoms with van der Waals surface area (Å²) in [5.41, 5.74) is 1.97. The molecule has 1 saturated heterocycles. The molecule has 1 aliphatic rings. The molecular formula is C20H27N2O2S3-. The predicted molar refractivity (Wildman–Crippen MR) is 114 cm³/mol. The molecule has 1 fully saturated rings. The summed E-state index contributed by atoms with van der Waals surface area (Å²) in [6.07, 6.45) is 2.44. The standard InChI is InChI=1S/C20H28N2O2S3/c1-15(2)11-22-9-7-17(8-10-22)20-21-18(13-26-20)12-25-19-5-3-16(4-6-19)14-27(23)24/h3-6,13,15,17H,7-12,14H2,1-2H3,(H,23,24)/p-1. The number of benzene rings is 1. The van der Waals surface area contributed by atoms with Crippen LogP contribution in [-0.2, 0) is 22.6 Å². The van der Waals surface area contributed by atoms with Gasteiger partial charge in [-0.15, -0.1) is 23.1 Å². The highest BCUT2D eigenvalue weighted by atomic mass is 32.2. The number of aromatic nitrogens is 1. The fourth-order valence-electron chi connectivity index (χ4n) is 3.43. The molecule has 2 aromatic rings. The quantitative estimate of drug-likeness (QED) is 0.457. The number of thioether (sulfide) groups is 1. The van der Waals surface area contributed by atoms with Crippen molar-refractivity contribution in [2.75, 3.05) is 19.6 Å². The molecule has 1 atom stereocenters. The molecule has 0 bridgehead atoms. The number of rotatable bonds is 8. The monoisotopic (exact) mass is 423 g/mol. The van der Waals surface area contributed by atoms with E-state index in [9.17, 15) is 8.76 Å². The minimum atomic E-state index is -2.03. The van der Waals surface area contributed by atoms with Crippen molar-refractivity contribution in [1.29, 1.82) is 0 Å². The van der Waals surface area contributed by atoms with Gasteiger partial charge in [-0.1, -0.05) is 37.1 Å². The Kier molecular flexibility index (Phi) is 7.90. The third-order valence-electron chi connectivity index (χ3n) is 4.72. The van der Waals surface area contributed by atoms with E-state index in [0.29, 0.717) is 5.92 Å². The Morgan fingerprint density at radius 3 is 2.63 bits per heavy atom. The van der Waals surface area contributed by atoms with Gasteiger partial charge in [-0.05, 0) is 49.5 Å². The van der Waals surface area contributed by atoms with Gasteiger partial charge in [0.2, 0.25) is 0 Å². The second-order valence-corrected chi connectivity index (χ2v) is 10.4. The van der Waals surface area contributed by atoms with Crippen molar-refractivity contribution in [2.45, 2.75) is 49.0 Å². The summed E-state index contributed by atoms with van der Waals surface area (Å²) in [7, 11) is 0. The molecule has 0 radical (unpaired) electrons. The summed E-state index contributed by atoms with van der Waals surface area (Å²) in [4.78, 5) is 8.62. The first-order chi connectivity index (χ1) is 13.0. The minimum Gasteiger partial charge on any atom is -0.772 e. The van der Waals surface area contributed by atoms with Crippen molar-refractivity contribution in [1.82, 2.24) is 9.88 Å². The highest BCUT2D eigenvalue weighted by molar-refractivity contribution is 7.98. The first kappa shape index (κ1) is 21.0. The molecule has 0 N–H and O–H groups in total. The SMILES string of the molecule is CC(C)CN1CCC(c2nc(CSc3ccc(CS(=O)[O-])cc3)cs2)CC1. The molecule has 0 spiro atoms. The summed E-state index contributed by atoms with van der Waals surface area (Å²) in [6, 6.07) is 7.75. The van der Waals surface area contributed by atoms with Crippen LogP contribution in [0, 0.1) is 5.92 Å². The normalized spacial score (nSPS) is 17.5. The van der Waals surface area contributed by atoms with Crippen LogP contribution >= 0.6 is 23.1 Å². The van der Waals surface area contributed by atoms with Crippen molar-refractivity contribution < 1.29 is 8.76 Å². The van der Waals surface area contributed by atoms with Crippen molar-refractivity contribution in [3.05, 3.63) is 45.9 Å². The lowest BCUT2D eigenvalue weighted by Gasteiger charge is -2.32. The summed E-state index contributed by atoms with van der Waals surface area (Å²) >= 11 is 1.52. The Balaban J connectivity index is 1.48. The first-order valence-corrected chi connectivity index (χ1v) is 12.5. The highest BCUT2D eigenvalue weighted by Crippen LogP contribution is 2.32. The van der Waals surface area contributed by atoms with Crippen LogP contribution in [0.1, 0.15) is 48.9 Å². The van der Waals surface area contributed by atoms with E-state index in [2.05, 4.69) is 24.1 Å². The zero-order chi connectivity index (χ0) is 19.2. The van der Waals surface area contributed by atoms with Crippen LogP contribution in [0.3, 0.4) is 0 Å². The smallest absolute Gasteiger partial charge is 0.0960 e. The largest absolute Gasteiger partial charge is 0.772 e. The van der Waals surface area contributed by atoms with E-state index in [1.165, 1.54) is 37.5 Å². The third-order valence-corrected chi connectivity index (χ3v) is 7.39. The van der Waals surface area contributed by atoms with E-state index < -0.39 is 11.1 Å². The van der Waals surface area contributed by atoms with Gasteiger partial charge >= 0.3 is 0 Å². The van der Waals surface area contributed by atoms with E-state index >= 15 is 0 Å². The average Bonchev–Trinajstić information content (AvgIpc) is 3.10. The van der Waals surface area contributed by atoms with Crippen LogP contribution < -0.4 is 0 Å². The van der Waals surface area contributed by atoms with Crippen LogP contribution in [-0.4, -0.2) is 38.3 Å². The Morgan fingerprint density at radius 1 is 1.30 bits per heavy atom. The molecule has 27 heavy (non-hydrogen) atoms. The van der Waals surface area contributed by atoms with Gasteiger partial charge in [-0.3, -0.25) is 4.21 Å². The second-order valence-electron chi connectivity index (χ2n) is 7.53. The van der Waals surface area contributed by atoms with Crippen molar-refractivity contribution in [3.8, 4) is 0 Å². The van der Waals surface area contributed by atoms with Crippen LogP contribution in [0.2, 0.25) is 0 Å². The first-order valence-electron chi connectivity index (χ1n) is 9.44. The van der Waals surface area contributed by atoms with Crippen LogP contribution in [0.5, 0.6) is 0 Å². The highest BCUT2D eigenvalue weighted by Gasteiger charge is 2.23. The fraction of sp³-hybridized carbons (Fsp3) is 0.550. The van der Waals surface area contributed by atoms with E-state index in [1.54, 1.807) is 23.1 Å². The maximum absolute atomic E-state index is 10.7. The Hall–Kier alpha value is -0.730. The van der Waals surface area contributed by atoms with Crippen molar-refractivity contribution in [2.24, 2.45) is 5.92 Å². The molecule has 7 heteroatoms. The second kappa shape index (κ2) is 10.2. The molecule has 1 aromatic carbocycles. The van der Waals surface area contributed by atoms with Gasteiger partial charge in [-0.2, -0.15) is 0 Å². The molecule has 3 rings (SSSR count). The Bertz CT molecular complexity index is 738. The Labute approximate surface area is 173 Å². The minimum absolute atomic E-state index is 0.0797. The molecule has 2 heterocycles. The lowest BCUT2D eigenvalue weighted by molar-refractivity contribution is 0.192. The van der Waals surface area contributed by atoms with E-state index in [0.717, 1.165) is 27.8 Å². The Morgan fingerprint density at radius 2 is 2.00 bits per heavy atom. The van der Waals surface area contributed by atoms with Crippen LogP contribution in [0.4, 0.5) is 0 Å². The fourth-order valence-corrected chi connectivity index (χ4v) is 5.78. The van der Waals surface area contributed by atoms with E-state index in [4.69, 9.17) is 4.98 Å². The molecule has 4 nitrogen and oxygen atoms in total. The number of hydrogen-bond acceptors (Lipinski definition) is 6. The number of thiazole rings is 1. The number of likely N-dealkylation sites (tertiary alicyclic amines) is 1. The summed E-state index contributed by atoms with van der Waals surface area (Å²) in [5, 5.41) is 3.49. The topological polar surface area (TPSA) is 56.3 Å². The molecule has 1 unspecified atom stereocenters. The number of hydrogen-bond donors (Lipinski definition) is 0. The predicted octanol–water partition coefficient (Wildman–Crippen LogP) is 4.65. The molecule has 0 amide bonds. The molecular weight excluding hydrogens is 396 g/mol. The lowest BCUT2D eigenvalue weighted by atomic mass is 9.97. The van der Waals surface area contributed by atoms with Gasteiger partial charge in [0.15, 0.2) is 0 Å². The summed E-state index contributed by atoms with van der Waals surface area (Å²) < 4.78 is 21.5. The number of piperidine rings is 1. The van der Waals surface area contributed by atoms with Crippen LogP contribution in [0.25, 0.3) is 0 Å². The molecule has 1 aliphatic heterocycles. The maximum Gasteiger partial charge on any atom is 0.0960 e. The van der Waals surface area contributed by atoms with E-state index in [1.807, 2.05) is 24.3 Å². The van der Waals surface area contributed by atoms with Gasteiger partial charge in [0.25, 0.3) is 0 Å². The third kappa shape index (κ3) is 6.68. The summed E-state index contributed by atoms with van der Waals surface area (Å²) in [5.74, 6) is 2.29. The maximum atomic E-state index is 10.7. The molecule has 148 valence electrons. The van der Waals surface area contributed by atoms with Crippen molar-refractivity contribution in [3.63, 3.8) is 0 Å². The molecule has 1 aromatic heterocycles. The lowest BCUT2D eigenvalue weighted by Crippen LogP contribution is -2.35. The average molecular weight is 424 g/mol. The van der Waals surface area contributed by atoms with Gasteiger partial charge in [0.05, 0.1) is 10.7 Å².